The second-order valence-corrected chi connectivity index (χ2v) is 7.11. The van der Waals surface area contributed by atoms with Gasteiger partial charge in [-0.15, -0.1) is 0 Å². The third-order valence-corrected chi connectivity index (χ3v) is 4.80. The molecule has 1 aromatic heterocycles. The average molecular weight is 424 g/mol. The van der Waals surface area contributed by atoms with Gasteiger partial charge >= 0.3 is 5.97 Å². The minimum atomic E-state index is -0.892. The van der Waals surface area contributed by atoms with E-state index in [0.29, 0.717) is 24.2 Å². The highest BCUT2D eigenvalue weighted by molar-refractivity contribution is 6.34. The largest absolute Gasteiger partial charge is 0.460 e. The van der Waals surface area contributed by atoms with Gasteiger partial charge in [0.15, 0.2) is 0 Å². The monoisotopic (exact) mass is 424 g/mol. The topological polar surface area (TPSA) is 69.2 Å². The maximum absolute atomic E-state index is 13.3. The lowest BCUT2D eigenvalue weighted by Crippen LogP contribution is -2.20. The summed E-state index contributed by atoms with van der Waals surface area (Å²) < 4.78 is 31.3. The van der Waals surface area contributed by atoms with Crippen LogP contribution in [0.15, 0.2) is 60.9 Å². The number of carbonyl (C=O) groups is 2. The molecule has 0 saturated heterocycles. The molecule has 0 fully saturated rings. The van der Waals surface area contributed by atoms with Crippen LogP contribution in [0.25, 0.3) is 0 Å². The van der Waals surface area contributed by atoms with Gasteiger partial charge in [0.2, 0.25) is 5.78 Å². The van der Waals surface area contributed by atoms with Gasteiger partial charge < -0.3 is 4.74 Å². The molecular weight excluding hydrogens is 402 g/mol. The molecule has 160 valence electrons. The first-order valence-corrected chi connectivity index (χ1v) is 9.94. The van der Waals surface area contributed by atoms with E-state index in [1.165, 1.54) is 30.6 Å². The highest BCUT2D eigenvalue weighted by Crippen LogP contribution is 2.25. The van der Waals surface area contributed by atoms with E-state index in [2.05, 4.69) is 9.97 Å². The highest BCUT2D eigenvalue weighted by Gasteiger charge is 2.20. The van der Waals surface area contributed by atoms with E-state index < -0.39 is 11.8 Å². The van der Waals surface area contributed by atoms with Crippen molar-refractivity contribution in [1.29, 1.82) is 0 Å². The molecule has 0 aliphatic heterocycles. The average Bonchev–Trinajstić information content (AvgIpc) is 2.76. The number of aromatic nitrogens is 2. The van der Waals surface area contributed by atoms with Gasteiger partial charge in [-0.3, -0.25) is 4.79 Å². The smallest absolute Gasteiger partial charge is 0.375 e. The molecule has 7 heteroatoms. The van der Waals surface area contributed by atoms with Crippen LogP contribution >= 0.6 is 0 Å². The van der Waals surface area contributed by atoms with Crippen LogP contribution in [0.1, 0.15) is 35.4 Å². The number of carbonyl (C=O) groups excluding carboxylic acids is 2. The number of ketones is 1. The zero-order valence-electron chi connectivity index (χ0n) is 17.1. The number of halogens is 2. The molecule has 1 heterocycles. The summed E-state index contributed by atoms with van der Waals surface area (Å²) in [4.78, 5) is 32.1. The minimum absolute atomic E-state index is 0.122. The summed E-state index contributed by atoms with van der Waals surface area (Å²) in [5.74, 6) is -2.34. The van der Waals surface area contributed by atoms with Crippen molar-refractivity contribution in [1.82, 2.24) is 9.97 Å². The molecular formula is C24H22F2N2O3. The number of ether oxygens (including phenoxy) is 1. The molecule has 0 N–H and O–H groups in total. The van der Waals surface area contributed by atoms with Crippen molar-refractivity contribution < 1.29 is 23.1 Å². The van der Waals surface area contributed by atoms with Gasteiger partial charge in [-0.05, 0) is 61.2 Å². The Bertz CT molecular complexity index is 990. The Hall–Kier alpha value is -3.48. The van der Waals surface area contributed by atoms with Gasteiger partial charge in [-0.25, -0.2) is 23.5 Å². The Morgan fingerprint density at radius 3 is 1.97 bits per heavy atom. The SMILES string of the molecule is CCOC(=O)C(=O)Cc1cc(C(Cc2ccc(F)cc2)Cc2ccc(F)cc2)ncn1. The van der Waals surface area contributed by atoms with E-state index >= 15 is 0 Å². The molecule has 3 rings (SSSR count). The van der Waals surface area contributed by atoms with Crippen molar-refractivity contribution >= 4 is 11.8 Å². The molecule has 0 saturated carbocycles. The summed E-state index contributed by atoms with van der Waals surface area (Å²) in [5, 5.41) is 0. The second kappa shape index (κ2) is 10.5. The first-order valence-electron chi connectivity index (χ1n) is 9.94. The standard InChI is InChI=1S/C24H22F2N2O3/c1-2-31-24(30)23(29)14-21-13-22(28-15-27-21)18(11-16-3-7-19(25)8-4-16)12-17-5-9-20(26)10-6-17/h3-10,13,15,18H,2,11-12,14H2,1H3. The molecule has 0 atom stereocenters. The fourth-order valence-electron chi connectivity index (χ4n) is 3.27. The number of hydrogen-bond donors (Lipinski definition) is 0. The molecule has 3 aromatic rings. The van der Waals surface area contributed by atoms with Crippen LogP contribution in [0, 0.1) is 11.6 Å². The molecule has 0 radical (unpaired) electrons. The molecule has 31 heavy (non-hydrogen) atoms. The van der Waals surface area contributed by atoms with Gasteiger partial charge in [0.25, 0.3) is 0 Å². The quantitative estimate of drug-likeness (QED) is 0.384. The highest BCUT2D eigenvalue weighted by atomic mass is 19.1. The van der Waals surface area contributed by atoms with E-state index in [1.54, 1.807) is 37.3 Å². The van der Waals surface area contributed by atoms with Crippen LogP contribution in [0.2, 0.25) is 0 Å². The Kier molecular flexibility index (Phi) is 7.54. The normalized spacial score (nSPS) is 10.8. The molecule has 0 amide bonds. The van der Waals surface area contributed by atoms with E-state index in [0.717, 1.165) is 11.1 Å². The van der Waals surface area contributed by atoms with E-state index in [4.69, 9.17) is 4.74 Å². The number of rotatable bonds is 9. The third-order valence-electron chi connectivity index (χ3n) is 4.80. The maximum atomic E-state index is 13.3. The molecule has 0 aliphatic carbocycles. The fraction of sp³-hybridized carbons (Fsp3) is 0.250. The summed E-state index contributed by atoms with van der Waals surface area (Å²) >= 11 is 0. The first-order chi connectivity index (χ1) is 14.9. The van der Waals surface area contributed by atoms with Gasteiger partial charge in [-0.2, -0.15) is 0 Å². The van der Waals surface area contributed by atoms with Crippen molar-refractivity contribution in [3.05, 3.63) is 95.1 Å². The molecule has 2 aromatic carbocycles. The predicted molar refractivity (Wildman–Crippen MR) is 110 cm³/mol. The maximum Gasteiger partial charge on any atom is 0.375 e. The molecule has 0 bridgehead atoms. The Morgan fingerprint density at radius 2 is 1.45 bits per heavy atom. The van der Waals surface area contributed by atoms with Gasteiger partial charge in [0.1, 0.15) is 18.0 Å². The second-order valence-electron chi connectivity index (χ2n) is 7.11. The van der Waals surface area contributed by atoms with Crippen molar-refractivity contribution in [3.8, 4) is 0 Å². The Labute approximate surface area is 179 Å². The van der Waals surface area contributed by atoms with Crippen LogP contribution in [0.5, 0.6) is 0 Å². The summed E-state index contributed by atoms with van der Waals surface area (Å²) in [7, 11) is 0. The van der Waals surface area contributed by atoms with Crippen LogP contribution in [-0.4, -0.2) is 28.3 Å². The molecule has 5 nitrogen and oxygen atoms in total. The number of Topliss-reactive ketones (excluding diaryl/α,β-unsaturated/α-hetero) is 1. The lowest BCUT2D eigenvalue weighted by atomic mass is 9.89. The van der Waals surface area contributed by atoms with Crippen molar-refractivity contribution in [3.63, 3.8) is 0 Å². The Balaban J connectivity index is 1.85. The molecule has 0 unspecified atom stereocenters. The zero-order chi connectivity index (χ0) is 22.2. The number of benzene rings is 2. The summed E-state index contributed by atoms with van der Waals surface area (Å²) in [6, 6.07) is 14.1. The van der Waals surface area contributed by atoms with E-state index in [-0.39, 0.29) is 30.6 Å². The third kappa shape index (κ3) is 6.50. The first kappa shape index (κ1) is 22.2. The van der Waals surface area contributed by atoms with Gasteiger partial charge in [0, 0.05) is 11.6 Å². The summed E-state index contributed by atoms with van der Waals surface area (Å²) in [5.41, 5.74) is 2.91. The zero-order valence-corrected chi connectivity index (χ0v) is 17.1. The van der Waals surface area contributed by atoms with Crippen molar-refractivity contribution in [2.24, 2.45) is 0 Å². The number of hydrogen-bond acceptors (Lipinski definition) is 5. The summed E-state index contributed by atoms with van der Waals surface area (Å²) in [6.45, 7) is 1.75. The van der Waals surface area contributed by atoms with Crippen molar-refractivity contribution in [2.45, 2.75) is 32.1 Å². The van der Waals surface area contributed by atoms with Gasteiger partial charge in [-0.1, -0.05) is 24.3 Å². The van der Waals surface area contributed by atoms with Crippen LogP contribution in [0.3, 0.4) is 0 Å². The van der Waals surface area contributed by atoms with Crippen LogP contribution in [0.4, 0.5) is 8.78 Å². The Morgan fingerprint density at radius 1 is 0.903 bits per heavy atom. The minimum Gasteiger partial charge on any atom is -0.460 e. The van der Waals surface area contributed by atoms with Crippen LogP contribution in [-0.2, 0) is 33.6 Å². The lowest BCUT2D eigenvalue weighted by molar-refractivity contribution is -0.153. The lowest BCUT2D eigenvalue weighted by Gasteiger charge is -2.17. The van der Waals surface area contributed by atoms with E-state index in [1.807, 2.05) is 0 Å². The van der Waals surface area contributed by atoms with Crippen molar-refractivity contribution in [2.75, 3.05) is 6.61 Å². The molecule has 0 aliphatic rings. The van der Waals surface area contributed by atoms with Gasteiger partial charge in [0.05, 0.1) is 18.7 Å². The predicted octanol–water partition coefficient (Wildman–Crippen LogP) is 4.00. The number of nitrogens with zero attached hydrogens (tertiary/aromatic N) is 2. The van der Waals surface area contributed by atoms with E-state index in [9.17, 15) is 18.4 Å². The fourth-order valence-corrected chi connectivity index (χ4v) is 3.27. The molecule has 0 spiro atoms. The summed E-state index contributed by atoms with van der Waals surface area (Å²) in [6.07, 6.45) is 2.28. The number of esters is 1. The van der Waals surface area contributed by atoms with Crippen LogP contribution < -0.4 is 0 Å².